The highest BCUT2D eigenvalue weighted by atomic mass is 19.1. The Kier molecular flexibility index (Phi) is 2.93. The zero-order valence-electron chi connectivity index (χ0n) is 12.4. The highest BCUT2D eigenvalue weighted by molar-refractivity contribution is 5.94. The molecule has 2 saturated carbocycles. The summed E-state index contributed by atoms with van der Waals surface area (Å²) in [7, 11) is 0. The zero-order chi connectivity index (χ0) is 14.5. The van der Waals surface area contributed by atoms with Crippen LogP contribution in [0.1, 0.15) is 50.4 Å². The number of nitrogens with one attached hydrogen (secondary N) is 1. The van der Waals surface area contributed by atoms with Gasteiger partial charge in [-0.05, 0) is 60.3 Å². The van der Waals surface area contributed by atoms with Gasteiger partial charge >= 0.3 is 0 Å². The van der Waals surface area contributed by atoms with Gasteiger partial charge in [-0.3, -0.25) is 4.79 Å². The minimum Gasteiger partial charge on any atom is -0.349 e. The van der Waals surface area contributed by atoms with Crippen molar-refractivity contribution in [1.29, 1.82) is 0 Å². The van der Waals surface area contributed by atoms with Crippen LogP contribution in [0.3, 0.4) is 0 Å². The smallest absolute Gasteiger partial charge is 0.251 e. The van der Waals surface area contributed by atoms with E-state index in [0.29, 0.717) is 11.5 Å². The van der Waals surface area contributed by atoms with Gasteiger partial charge in [-0.1, -0.05) is 20.8 Å². The van der Waals surface area contributed by atoms with Crippen LogP contribution < -0.4 is 5.32 Å². The van der Waals surface area contributed by atoms with Gasteiger partial charge in [0.1, 0.15) is 5.82 Å². The number of halogens is 1. The van der Waals surface area contributed by atoms with Gasteiger partial charge in [0.15, 0.2) is 0 Å². The largest absolute Gasteiger partial charge is 0.349 e. The Morgan fingerprint density at radius 1 is 1.25 bits per heavy atom. The number of carbonyl (C=O) groups is 1. The molecule has 3 unspecified atom stereocenters. The highest BCUT2D eigenvalue weighted by Crippen LogP contribution is 2.65. The molecule has 2 aliphatic carbocycles. The monoisotopic (exact) mass is 275 g/mol. The molecule has 0 heterocycles. The molecule has 3 atom stereocenters. The number of hydrogen-bond acceptors (Lipinski definition) is 1. The molecular weight excluding hydrogens is 253 g/mol. The minimum atomic E-state index is -0.311. The second-order valence-corrected chi connectivity index (χ2v) is 7.14. The normalized spacial score (nSPS) is 34.2. The number of rotatable bonds is 2. The van der Waals surface area contributed by atoms with Crippen molar-refractivity contribution < 1.29 is 9.18 Å². The maximum atomic E-state index is 12.9. The lowest BCUT2D eigenvalue weighted by Crippen LogP contribution is -2.46. The van der Waals surface area contributed by atoms with Crippen molar-refractivity contribution in [1.82, 2.24) is 5.32 Å². The first-order chi connectivity index (χ1) is 9.34. The van der Waals surface area contributed by atoms with Gasteiger partial charge in [0, 0.05) is 11.6 Å². The summed E-state index contributed by atoms with van der Waals surface area (Å²) in [5.74, 6) is 0.306. The van der Waals surface area contributed by atoms with Crippen molar-refractivity contribution in [3.05, 3.63) is 35.6 Å². The molecule has 0 spiro atoms. The Balaban J connectivity index is 1.76. The summed E-state index contributed by atoms with van der Waals surface area (Å²) in [5.41, 5.74) is 0.997. The molecule has 0 aliphatic heterocycles. The van der Waals surface area contributed by atoms with Gasteiger partial charge < -0.3 is 5.32 Å². The zero-order valence-corrected chi connectivity index (χ0v) is 12.4. The third-order valence-corrected chi connectivity index (χ3v) is 6.21. The summed E-state index contributed by atoms with van der Waals surface area (Å²) in [6.45, 7) is 6.96. The Bertz CT molecular complexity index is 536. The van der Waals surface area contributed by atoms with E-state index in [-0.39, 0.29) is 28.6 Å². The summed E-state index contributed by atoms with van der Waals surface area (Å²) in [5, 5.41) is 3.18. The van der Waals surface area contributed by atoms with Gasteiger partial charge in [-0.2, -0.15) is 0 Å². The number of carbonyl (C=O) groups excluding carboxylic acids is 1. The van der Waals surface area contributed by atoms with Gasteiger partial charge in [0.25, 0.3) is 5.91 Å². The van der Waals surface area contributed by atoms with Crippen molar-refractivity contribution in [2.75, 3.05) is 0 Å². The van der Waals surface area contributed by atoms with E-state index >= 15 is 0 Å². The molecule has 1 aromatic carbocycles. The molecule has 1 amide bonds. The second-order valence-electron chi connectivity index (χ2n) is 7.14. The molecular formula is C17H22FNO. The maximum Gasteiger partial charge on any atom is 0.251 e. The van der Waals surface area contributed by atoms with E-state index in [1.54, 1.807) is 12.1 Å². The Morgan fingerprint density at radius 2 is 1.90 bits per heavy atom. The highest BCUT2D eigenvalue weighted by Gasteiger charge is 2.61. The molecule has 0 radical (unpaired) electrons. The summed E-state index contributed by atoms with van der Waals surface area (Å²) in [6, 6.07) is 5.99. The summed E-state index contributed by atoms with van der Waals surface area (Å²) >= 11 is 0. The van der Waals surface area contributed by atoms with Crippen LogP contribution in [0.2, 0.25) is 0 Å². The first-order valence-electron chi connectivity index (χ1n) is 7.41. The molecule has 0 aromatic heterocycles. The van der Waals surface area contributed by atoms with Crippen molar-refractivity contribution >= 4 is 5.91 Å². The third kappa shape index (κ3) is 1.79. The molecule has 3 heteroatoms. The number of fused-ring (bicyclic) bond motifs is 2. The Hall–Kier alpha value is -1.38. The summed E-state index contributed by atoms with van der Waals surface area (Å²) < 4.78 is 12.9. The van der Waals surface area contributed by atoms with Crippen LogP contribution >= 0.6 is 0 Å². The van der Waals surface area contributed by atoms with Gasteiger partial charge in [0.2, 0.25) is 0 Å². The molecule has 3 rings (SSSR count). The van der Waals surface area contributed by atoms with Crippen LogP contribution in [0, 0.1) is 22.6 Å². The van der Waals surface area contributed by atoms with E-state index in [9.17, 15) is 9.18 Å². The van der Waals surface area contributed by atoms with Gasteiger partial charge in [-0.25, -0.2) is 4.39 Å². The van der Waals surface area contributed by atoms with E-state index in [4.69, 9.17) is 0 Å². The Morgan fingerprint density at radius 3 is 2.40 bits per heavy atom. The SMILES string of the molecule is CC1(C)C2CCC1(C)C(NC(=O)c1ccc(F)cc1)C2. The Labute approximate surface area is 119 Å². The maximum absolute atomic E-state index is 12.9. The average Bonchev–Trinajstić information content (AvgIpc) is 2.72. The first kappa shape index (κ1) is 13.6. The van der Waals surface area contributed by atoms with Crippen molar-refractivity contribution in [2.24, 2.45) is 16.7 Å². The second kappa shape index (κ2) is 4.31. The predicted molar refractivity (Wildman–Crippen MR) is 76.9 cm³/mol. The first-order valence-corrected chi connectivity index (χ1v) is 7.41. The van der Waals surface area contributed by atoms with E-state index in [2.05, 4.69) is 26.1 Å². The van der Waals surface area contributed by atoms with Crippen molar-refractivity contribution in [3.63, 3.8) is 0 Å². The minimum absolute atomic E-state index is 0.0837. The third-order valence-electron chi connectivity index (χ3n) is 6.21. The van der Waals surface area contributed by atoms with Crippen molar-refractivity contribution in [3.8, 4) is 0 Å². The summed E-state index contributed by atoms with van der Waals surface area (Å²) in [4.78, 5) is 12.3. The quantitative estimate of drug-likeness (QED) is 0.874. The van der Waals surface area contributed by atoms with E-state index < -0.39 is 0 Å². The van der Waals surface area contributed by atoms with E-state index in [1.807, 2.05) is 0 Å². The fourth-order valence-electron chi connectivity index (χ4n) is 4.26. The lowest BCUT2D eigenvalue weighted by Gasteiger charge is -2.39. The number of benzene rings is 1. The fraction of sp³-hybridized carbons (Fsp3) is 0.588. The van der Waals surface area contributed by atoms with Gasteiger partial charge in [0.05, 0.1) is 0 Å². The molecule has 108 valence electrons. The molecule has 2 fully saturated rings. The van der Waals surface area contributed by atoms with Crippen LogP contribution in [0.4, 0.5) is 4.39 Å². The number of amides is 1. The lowest BCUT2D eigenvalue weighted by atomic mass is 9.69. The fourth-order valence-corrected chi connectivity index (χ4v) is 4.26. The van der Waals surface area contributed by atoms with Crippen LogP contribution in [0.5, 0.6) is 0 Å². The molecule has 1 N–H and O–H groups in total. The number of hydrogen-bond donors (Lipinski definition) is 1. The molecule has 2 bridgehead atoms. The molecule has 2 aliphatic rings. The topological polar surface area (TPSA) is 29.1 Å². The van der Waals surface area contributed by atoms with Crippen LogP contribution in [0.15, 0.2) is 24.3 Å². The van der Waals surface area contributed by atoms with E-state index in [1.165, 1.54) is 25.0 Å². The van der Waals surface area contributed by atoms with Crippen LogP contribution in [-0.2, 0) is 0 Å². The van der Waals surface area contributed by atoms with Gasteiger partial charge in [-0.15, -0.1) is 0 Å². The van der Waals surface area contributed by atoms with Crippen molar-refractivity contribution in [2.45, 2.75) is 46.1 Å². The molecule has 20 heavy (non-hydrogen) atoms. The van der Waals surface area contributed by atoms with E-state index in [0.717, 1.165) is 6.42 Å². The standard InChI is InChI=1S/C17H22FNO/c1-16(2)12-8-9-17(16,3)14(10-12)19-15(20)11-4-6-13(18)7-5-11/h4-7,12,14H,8-10H2,1-3H3,(H,19,20). The summed E-state index contributed by atoms with van der Waals surface area (Å²) in [6.07, 6.45) is 3.52. The van der Waals surface area contributed by atoms with Crippen LogP contribution in [-0.4, -0.2) is 11.9 Å². The average molecular weight is 275 g/mol. The lowest BCUT2D eigenvalue weighted by molar-refractivity contribution is 0.0826. The van der Waals surface area contributed by atoms with Crippen LogP contribution in [0.25, 0.3) is 0 Å². The predicted octanol–water partition coefficient (Wildman–Crippen LogP) is 3.77. The molecule has 0 saturated heterocycles. The molecule has 2 nitrogen and oxygen atoms in total. The molecule has 1 aromatic rings.